The van der Waals surface area contributed by atoms with Gasteiger partial charge >= 0.3 is 0 Å². The lowest BCUT2D eigenvalue weighted by atomic mass is 10.1. The van der Waals surface area contributed by atoms with Crippen molar-refractivity contribution in [3.63, 3.8) is 0 Å². The number of halogens is 1. The summed E-state index contributed by atoms with van der Waals surface area (Å²) in [6.07, 6.45) is 1.65. The molecule has 0 atom stereocenters. The van der Waals surface area contributed by atoms with E-state index < -0.39 is 4.92 Å². The Bertz CT molecular complexity index is 545. The van der Waals surface area contributed by atoms with Gasteiger partial charge in [-0.05, 0) is 18.9 Å². The van der Waals surface area contributed by atoms with E-state index >= 15 is 0 Å². The van der Waals surface area contributed by atoms with Gasteiger partial charge in [0, 0.05) is 31.8 Å². The van der Waals surface area contributed by atoms with Crippen molar-refractivity contribution >= 4 is 28.9 Å². The first-order valence-corrected chi connectivity index (χ1v) is 7.17. The van der Waals surface area contributed by atoms with Crippen molar-refractivity contribution in [1.29, 1.82) is 0 Å². The van der Waals surface area contributed by atoms with E-state index in [9.17, 15) is 14.9 Å². The van der Waals surface area contributed by atoms with E-state index in [0.29, 0.717) is 0 Å². The molecule has 0 saturated heterocycles. The molecule has 0 fully saturated rings. The van der Waals surface area contributed by atoms with Gasteiger partial charge in [0.15, 0.2) is 0 Å². The number of carbonyl (C=O) groups excluding carboxylic acids is 1. The van der Waals surface area contributed by atoms with Gasteiger partial charge in [-0.25, -0.2) is 0 Å². The topological polar surface area (TPSA) is 75.5 Å². The van der Waals surface area contributed by atoms with E-state index in [4.69, 9.17) is 11.6 Å². The van der Waals surface area contributed by atoms with Crippen molar-refractivity contribution in [2.24, 2.45) is 0 Å². The molecule has 1 aromatic rings. The van der Waals surface area contributed by atoms with Gasteiger partial charge in [0.05, 0.1) is 9.95 Å². The number of nitro groups is 1. The molecule has 1 rings (SSSR count). The molecule has 7 heteroatoms. The number of carbonyl (C=O) groups is 1. The molecule has 0 bridgehead atoms. The number of rotatable bonds is 6. The Hall–Kier alpha value is -1.82. The Kier molecular flexibility index (Phi) is 5.96. The zero-order valence-corrected chi connectivity index (χ0v) is 13.4. The molecule has 0 aromatic heterocycles. The van der Waals surface area contributed by atoms with Crippen LogP contribution in [-0.2, 0) is 0 Å². The van der Waals surface area contributed by atoms with Crippen LogP contribution in [0.4, 0.5) is 11.4 Å². The van der Waals surface area contributed by atoms with Gasteiger partial charge in [-0.15, -0.1) is 0 Å². The Morgan fingerprint density at radius 3 is 2.43 bits per heavy atom. The van der Waals surface area contributed by atoms with Crippen LogP contribution in [0, 0.1) is 10.1 Å². The minimum absolute atomic E-state index is 0.0966. The average Bonchev–Trinajstić information content (AvgIpc) is 2.46. The molecule has 1 amide bonds. The lowest BCUT2D eigenvalue weighted by Crippen LogP contribution is -2.36. The fourth-order valence-electron chi connectivity index (χ4n) is 2.31. The van der Waals surface area contributed by atoms with Crippen molar-refractivity contribution < 1.29 is 9.72 Å². The maximum absolute atomic E-state index is 12.5. The molecule has 0 heterocycles. The summed E-state index contributed by atoms with van der Waals surface area (Å²) in [6, 6.07) is 2.82. The maximum Gasteiger partial charge on any atom is 0.294 e. The van der Waals surface area contributed by atoms with Gasteiger partial charge in [0.2, 0.25) is 0 Å². The Balaban J connectivity index is 3.25. The number of benzene rings is 1. The highest BCUT2D eigenvalue weighted by molar-refractivity contribution is 6.34. The highest BCUT2D eigenvalue weighted by atomic mass is 35.5. The molecule has 0 unspecified atom stereocenters. The number of hydrogen-bond acceptors (Lipinski definition) is 4. The van der Waals surface area contributed by atoms with E-state index in [-0.39, 0.29) is 33.9 Å². The second kappa shape index (κ2) is 7.26. The molecular weight excluding hydrogens is 294 g/mol. The second-order valence-electron chi connectivity index (χ2n) is 4.75. The number of nitrogens with one attached hydrogen (secondary N) is 1. The Morgan fingerprint density at radius 1 is 1.43 bits per heavy atom. The van der Waals surface area contributed by atoms with E-state index in [1.54, 1.807) is 19.0 Å². The lowest BCUT2D eigenvalue weighted by molar-refractivity contribution is -0.384. The molecule has 6 nitrogen and oxygen atoms in total. The maximum atomic E-state index is 12.5. The number of anilines is 1. The third-order valence-electron chi connectivity index (χ3n) is 3.57. The molecule has 116 valence electrons. The number of hydrogen-bond donors (Lipinski definition) is 1. The highest BCUT2D eigenvalue weighted by Gasteiger charge is 2.24. The zero-order valence-electron chi connectivity index (χ0n) is 12.6. The van der Waals surface area contributed by atoms with Crippen molar-refractivity contribution in [2.75, 3.05) is 19.4 Å². The van der Waals surface area contributed by atoms with Crippen LogP contribution in [0.2, 0.25) is 5.02 Å². The van der Waals surface area contributed by atoms with Crippen LogP contribution in [0.1, 0.15) is 37.0 Å². The first kappa shape index (κ1) is 17.2. The van der Waals surface area contributed by atoms with Crippen LogP contribution in [0.15, 0.2) is 12.1 Å². The van der Waals surface area contributed by atoms with Crippen LogP contribution in [0.3, 0.4) is 0 Å². The summed E-state index contributed by atoms with van der Waals surface area (Å²) in [5.41, 5.74) is 0.231. The third-order valence-corrected chi connectivity index (χ3v) is 3.87. The average molecular weight is 314 g/mol. The van der Waals surface area contributed by atoms with Gasteiger partial charge in [-0.1, -0.05) is 25.4 Å². The fourth-order valence-corrected chi connectivity index (χ4v) is 2.62. The smallest absolute Gasteiger partial charge is 0.294 e. The van der Waals surface area contributed by atoms with Crippen molar-refractivity contribution in [3.8, 4) is 0 Å². The first-order chi connectivity index (χ1) is 9.87. The van der Waals surface area contributed by atoms with Gasteiger partial charge in [0.25, 0.3) is 11.6 Å². The summed E-state index contributed by atoms with van der Waals surface area (Å²) < 4.78 is 0. The van der Waals surface area contributed by atoms with Gasteiger partial charge < -0.3 is 10.2 Å². The van der Waals surface area contributed by atoms with E-state index in [0.717, 1.165) is 12.8 Å². The van der Waals surface area contributed by atoms with Crippen molar-refractivity contribution in [1.82, 2.24) is 4.90 Å². The van der Waals surface area contributed by atoms with E-state index in [1.807, 2.05) is 13.8 Å². The minimum atomic E-state index is -0.550. The van der Waals surface area contributed by atoms with Gasteiger partial charge in [0.1, 0.15) is 5.69 Å². The highest BCUT2D eigenvalue weighted by Crippen LogP contribution is 2.33. The predicted molar refractivity (Wildman–Crippen MR) is 84.1 cm³/mol. The molecule has 0 radical (unpaired) electrons. The number of nitro benzene ring substituents is 1. The lowest BCUT2D eigenvalue weighted by Gasteiger charge is -2.26. The second-order valence-corrected chi connectivity index (χ2v) is 5.15. The molecule has 0 spiro atoms. The van der Waals surface area contributed by atoms with Gasteiger partial charge in [-0.3, -0.25) is 14.9 Å². The summed E-state index contributed by atoms with van der Waals surface area (Å²) in [4.78, 5) is 24.6. The molecule has 0 aliphatic rings. The number of nitrogens with zero attached hydrogens (tertiary/aromatic N) is 2. The summed E-state index contributed by atoms with van der Waals surface area (Å²) in [7, 11) is 3.25. The van der Waals surface area contributed by atoms with Crippen LogP contribution in [-0.4, -0.2) is 35.9 Å². The molecule has 1 aromatic carbocycles. The summed E-state index contributed by atoms with van der Waals surface area (Å²) in [6.45, 7) is 3.99. The monoisotopic (exact) mass is 313 g/mol. The Morgan fingerprint density at radius 2 is 2.00 bits per heavy atom. The van der Waals surface area contributed by atoms with Gasteiger partial charge in [-0.2, -0.15) is 0 Å². The molecule has 0 aliphatic heterocycles. The molecular formula is C14H20ClN3O3. The first-order valence-electron chi connectivity index (χ1n) is 6.80. The van der Waals surface area contributed by atoms with Crippen LogP contribution >= 0.6 is 11.6 Å². The largest absolute Gasteiger partial charge is 0.381 e. The van der Waals surface area contributed by atoms with Crippen LogP contribution in [0.5, 0.6) is 0 Å². The summed E-state index contributed by atoms with van der Waals surface area (Å²) in [5.74, 6) is -0.267. The molecule has 0 saturated carbocycles. The predicted octanol–water partition coefficient (Wildman–Crippen LogP) is 3.55. The molecule has 21 heavy (non-hydrogen) atoms. The van der Waals surface area contributed by atoms with Crippen molar-refractivity contribution in [2.45, 2.75) is 32.7 Å². The quantitative estimate of drug-likeness (QED) is 0.643. The number of amides is 1. The Labute approximate surface area is 129 Å². The summed E-state index contributed by atoms with van der Waals surface area (Å²) in [5, 5.41) is 14.0. The SMILES string of the molecule is CCC(CC)N(C)C(=O)c1cc(Cl)c(NC)c([N+](=O)[O-])c1. The van der Waals surface area contributed by atoms with E-state index in [1.165, 1.54) is 12.1 Å². The minimum Gasteiger partial charge on any atom is -0.381 e. The normalized spacial score (nSPS) is 10.6. The molecule has 1 N–H and O–H groups in total. The van der Waals surface area contributed by atoms with Crippen LogP contribution in [0.25, 0.3) is 0 Å². The standard InChI is InChI=1S/C14H20ClN3O3/c1-5-10(6-2)17(4)14(19)9-7-11(15)13(16-3)12(8-9)18(20)21/h7-8,10,16H,5-6H2,1-4H3. The van der Waals surface area contributed by atoms with Crippen LogP contribution < -0.4 is 5.32 Å². The van der Waals surface area contributed by atoms with Crippen molar-refractivity contribution in [3.05, 3.63) is 32.8 Å². The summed E-state index contributed by atoms with van der Waals surface area (Å²) >= 11 is 6.04. The zero-order chi connectivity index (χ0) is 16.2. The fraction of sp³-hybridized carbons (Fsp3) is 0.500. The van der Waals surface area contributed by atoms with E-state index in [2.05, 4.69) is 5.32 Å². The molecule has 0 aliphatic carbocycles. The third kappa shape index (κ3) is 3.64.